The lowest BCUT2D eigenvalue weighted by Crippen LogP contribution is -2.44. The SMILES string of the molecule is CC1CCOC1C(=O)NCC(C)(O)c1ccc(F)cc1F. The molecule has 21 heavy (non-hydrogen) atoms. The molecule has 4 nitrogen and oxygen atoms in total. The van der Waals surface area contributed by atoms with Gasteiger partial charge in [-0.05, 0) is 25.3 Å². The first-order chi connectivity index (χ1) is 9.81. The van der Waals surface area contributed by atoms with Crippen LogP contribution in [-0.2, 0) is 15.1 Å². The van der Waals surface area contributed by atoms with Gasteiger partial charge < -0.3 is 15.2 Å². The van der Waals surface area contributed by atoms with E-state index in [1.54, 1.807) is 0 Å². The first kappa shape index (κ1) is 15.9. The van der Waals surface area contributed by atoms with Crippen molar-refractivity contribution < 1.29 is 23.4 Å². The molecule has 3 unspecified atom stereocenters. The molecule has 0 saturated carbocycles. The third-order valence-corrected chi connectivity index (χ3v) is 3.76. The molecule has 1 saturated heterocycles. The van der Waals surface area contributed by atoms with Crippen molar-refractivity contribution in [1.82, 2.24) is 5.32 Å². The Morgan fingerprint density at radius 2 is 2.24 bits per heavy atom. The van der Waals surface area contributed by atoms with Crippen LogP contribution < -0.4 is 5.32 Å². The van der Waals surface area contributed by atoms with Crippen LogP contribution in [-0.4, -0.2) is 30.3 Å². The number of carbonyl (C=O) groups excluding carboxylic acids is 1. The molecular weight excluding hydrogens is 280 g/mol. The zero-order valence-electron chi connectivity index (χ0n) is 12.0. The maximum Gasteiger partial charge on any atom is 0.249 e. The summed E-state index contributed by atoms with van der Waals surface area (Å²) in [4.78, 5) is 12.0. The Morgan fingerprint density at radius 3 is 2.81 bits per heavy atom. The average Bonchev–Trinajstić information content (AvgIpc) is 2.82. The van der Waals surface area contributed by atoms with Gasteiger partial charge in [0.2, 0.25) is 5.91 Å². The Bertz CT molecular complexity index is 534. The van der Waals surface area contributed by atoms with Crippen molar-refractivity contribution in [1.29, 1.82) is 0 Å². The number of halogens is 2. The van der Waals surface area contributed by atoms with E-state index >= 15 is 0 Å². The van der Waals surface area contributed by atoms with Gasteiger partial charge in [-0.15, -0.1) is 0 Å². The van der Waals surface area contributed by atoms with Crippen LogP contribution in [0.1, 0.15) is 25.8 Å². The maximum absolute atomic E-state index is 13.7. The second kappa shape index (κ2) is 6.07. The zero-order chi connectivity index (χ0) is 15.6. The lowest BCUT2D eigenvalue weighted by molar-refractivity contribution is -0.132. The minimum atomic E-state index is -1.63. The van der Waals surface area contributed by atoms with E-state index in [9.17, 15) is 18.7 Å². The highest BCUT2D eigenvalue weighted by Gasteiger charge is 2.33. The van der Waals surface area contributed by atoms with Gasteiger partial charge in [-0.25, -0.2) is 8.78 Å². The summed E-state index contributed by atoms with van der Waals surface area (Å²) in [6, 6.07) is 2.94. The predicted molar refractivity (Wildman–Crippen MR) is 72.5 cm³/mol. The van der Waals surface area contributed by atoms with Gasteiger partial charge in [-0.1, -0.05) is 13.0 Å². The molecule has 116 valence electrons. The van der Waals surface area contributed by atoms with Gasteiger partial charge in [0.25, 0.3) is 0 Å². The minimum absolute atomic E-state index is 0.0652. The van der Waals surface area contributed by atoms with E-state index in [2.05, 4.69) is 5.32 Å². The molecule has 1 aromatic rings. The van der Waals surface area contributed by atoms with Gasteiger partial charge in [0.05, 0.1) is 6.54 Å². The second-order valence-electron chi connectivity index (χ2n) is 5.67. The molecule has 1 aromatic carbocycles. The lowest BCUT2D eigenvalue weighted by Gasteiger charge is -2.26. The molecule has 0 aliphatic carbocycles. The lowest BCUT2D eigenvalue weighted by atomic mass is 9.95. The largest absolute Gasteiger partial charge is 0.383 e. The number of hydrogen-bond donors (Lipinski definition) is 2. The van der Waals surface area contributed by atoms with Crippen molar-refractivity contribution in [3.8, 4) is 0 Å². The van der Waals surface area contributed by atoms with Crippen LogP contribution in [0.25, 0.3) is 0 Å². The summed E-state index contributed by atoms with van der Waals surface area (Å²) in [5.74, 6) is -1.79. The monoisotopic (exact) mass is 299 g/mol. The van der Waals surface area contributed by atoms with Crippen LogP contribution in [0.15, 0.2) is 18.2 Å². The van der Waals surface area contributed by atoms with Gasteiger partial charge in [0.15, 0.2) is 0 Å². The van der Waals surface area contributed by atoms with E-state index in [-0.39, 0.29) is 23.9 Å². The van der Waals surface area contributed by atoms with Crippen LogP contribution in [0.5, 0.6) is 0 Å². The maximum atomic E-state index is 13.7. The minimum Gasteiger partial charge on any atom is -0.383 e. The van der Waals surface area contributed by atoms with Gasteiger partial charge in [0, 0.05) is 18.2 Å². The zero-order valence-corrected chi connectivity index (χ0v) is 12.0. The van der Waals surface area contributed by atoms with E-state index in [1.807, 2.05) is 6.92 Å². The van der Waals surface area contributed by atoms with Crippen LogP contribution >= 0.6 is 0 Å². The summed E-state index contributed by atoms with van der Waals surface area (Å²) in [5.41, 5.74) is -1.69. The van der Waals surface area contributed by atoms with Crippen molar-refractivity contribution in [2.24, 2.45) is 5.92 Å². The molecule has 3 atom stereocenters. The highest BCUT2D eigenvalue weighted by molar-refractivity contribution is 5.81. The Hall–Kier alpha value is -1.53. The summed E-state index contributed by atoms with van der Waals surface area (Å²) in [6.45, 7) is 3.63. The molecule has 2 rings (SSSR count). The number of benzene rings is 1. The molecule has 0 radical (unpaired) electrons. The highest BCUT2D eigenvalue weighted by Crippen LogP contribution is 2.24. The number of rotatable bonds is 4. The predicted octanol–water partition coefficient (Wildman–Crippen LogP) is 1.71. The van der Waals surface area contributed by atoms with Crippen molar-refractivity contribution in [3.63, 3.8) is 0 Å². The number of hydrogen-bond acceptors (Lipinski definition) is 3. The highest BCUT2D eigenvalue weighted by atomic mass is 19.1. The normalized spacial score (nSPS) is 24.6. The summed E-state index contributed by atoms with van der Waals surface area (Å²) in [5, 5.41) is 12.9. The van der Waals surface area contributed by atoms with Gasteiger partial charge in [-0.3, -0.25) is 4.79 Å². The van der Waals surface area contributed by atoms with Crippen molar-refractivity contribution in [2.75, 3.05) is 13.2 Å². The summed E-state index contributed by atoms with van der Waals surface area (Å²) in [6.07, 6.45) is 0.264. The number of amides is 1. The Kier molecular flexibility index (Phi) is 4.58. The first-order valence-corrected chi connectivity index (χ1v) is 6.88. The van der Waals surface area contributed by atoms with Crippen LogP contribution in [0.4, 0.5) is 8.78 Å². The Morgan fingerprint density at radius 1 is 1.52 bits per heavy atom. The van der Waals surface area contributed by atoms with Crippen LogP contribution in [0, 0.1) is 17.6 Å². The molecule has 0 spiro atoms. The number of ether oxygens (including phenoxy) is 1. The summed E-state index contributed by atoms with van der Waals surface area (Å²) in [7, 11) is 0. The van der Waals surface area contributed by atoms with Gasteiger partial charge in [-0.2, -0.15) is 0 Å². The van der Waals surface area contributed by atoms with Crippen LogP contribution in [0.2, 0.25) is 0 Å². The molecular formula is C15H19F2NO3. The van der Waals surface area contributed by atoms with E-state index < -0.39 is 23.3 Å². The Labute approximate surface area is 122 Å². The summed E-state index contributed by atoms with van der Waals surface area (Å²) >= 11 is 0. The van der Waals surface area contributed by atoms with E-state index in [0.717, 1.165) is 12.5 Å². The average molecular weight is 299 g/mol. The third-order valence-electron chi connectivity index (χ3n) is 3.76. The molecule has 1 aliphatic heterocycles. The molecule has 1 aliphatic rings. The fraction of sp³-hybridized carbons (Fsp3) is 0.533. The molecule has 0 bridgehead atoms. The third kappa shape index (κ3) is 3.57. The second-order valence-corrected chi connectivity index (χ2v) is 5.67. The quantitative estimate of drug-likeness (QED) is 0.890. The topological polar surface area (TPSA) is 58.6 Å². The van der Waals surface area contributed by atoms with E-state index in [0.29, 0.717) is 12.7 Å². The molecule has 2 N–H and O–H groups in total. The Balaban J connectivity index is 2.02. The summed E-state index contributed by atoms with van der Waals surface area (Å²) < 4.78 is 31.9. The number of carbonyl (C=O) groups is 1. The molecule has 0 aromatic heterocycles. The molecule has 1 amide bonds. The van der Waals surface area contributed by atoms with Crippen molar-refractivity contribution >= 4 is 5.91 Å². The number of nitrogens with one attached hydrogen (secondary N) is 1. The molecule has 1 fully saturated rings. The van der Waals surface area contributed by atoms with E-state index in [1.165, 1.54) is 13.0 Å². The van der Waals surface area contributed by atoms with Gasteiger partial charge >= 0.3 is 0 Å². The van der Waals surface area contributed by atoms with Gasteiger partial charge in [0.1, 0.15) is 23.3 Å². The number of aliphatic hydroxyl groups is 1. The van der Waals surface area contributed by atoms with E-state index in [4.69, 9.17) is 4.74 Å². The fourth-order valence-corrected chi connectivity index (χ4v) is 2.41. The van der Waals surface area contributed by atoms with Crippen LogP contribution in [0.3, 0.4) is 0 Å². The molecule has 1 heterocycles. The molecule has 6 heteroatoms. The standard InChI is InChI=1S/C15H19F2NO3/c1-9-5-6-21-13(9)14(19)18-8-15(2,20)11-4-3-10(16)7-12(11)17/h3-4,7,9,13,20H,5-6,8H2,1-2H3,(H,18,19). The van der Waals surface area contributed by atoms with Crippen molar-refractivity contribution in [2.45, 2.75) is 32.0 Å². The van der Waals surface area contributed by atoms with Crippen molar-refractivity contribution in [3.05, 3.63) is 35.4 Å². The smallest absolute Gasteiger partial charge is 0.249 e. The first-order valence-electron chi connectivity index (χ1n) is 6.88. The fourth-order valence-electron chi connectivity index (χ4n) is 2.41.